The van der Waals surface area contributed by atoms with Gasteiger partial charge in [-0.2, -0.15) is 0 Å². The highest BCUT2D eigenvalue weighted by molar-refractivity contribution is 9.10. The third kappa shape index (κ3) is 3.50. The first-order valence-electron chi connectivity index (χ1n) is 6.37. The molecule has 1 aromatic rings. The van der Waals surface area contributed by atoms with E-state index in [1.807, 2.05) is 24.3 Å². The number of halogens is 1. The van der Waals surface area contributed by atoms with Crippen LogP contribution in [0.2, 0.25) is 0 Å². The lowest BCUT2D eigenvalue weighted by Gasteiger charge is -2.37. The van der Waals surface area contributed by atoms with E-state index in [1.165, 1.54) is 4.90 Å². The number of nitrogens with one attached hydrogen (secondary N) is 1. The highest BCUT2D eigenvalue weighted by Gasteiger charge is 2.38. The molecule has 0 atom stereocenters. The standard InChI is InChI=1S/C14H17BrN2O3/c1-14(2)13(19)17(9-12(18)16-14)7-8-20-11-5-3-10(15)4-6-11/h3-6H,7-9H2,1-2H3,(H,16,18). The average Bonchev–Trinajstić information content (AvgIpc) is 2.37. The van der Waals surface area contributed by atoms with E-state index in [0.717, 1.165) is 10.2 Å². The average molecular weight is 341 g/mol. The summed E-state index contributed by atoms with van der Waals surface area (Å²) in [7, 11) is 0. The highest BCUT2D eigenvalue weighted by Crippen LogP contribution is 2.17. The molecule has 2 amide bonds. The van der Waals surface area contributed by atoms with Crippen LogP contribution in [0.3, 0.4) is 0 Å². The lowest BCUT2D eigenvalue weighted by Crippen LogP contribution is -2.64. The fourth-order valence-electron chi connectivity index (χ4n) is 2.07. The Morgan fingerprint density at radius 1 is 1.30 bits per heavy atom. The van der Waals surface area contributed by atoms with Gasteiger partial charge in [0.05, 0.1) is 13.1 Å². The topological polar surface area (TPSA) is 58.6 Å². The summed E-state index contributed by atoms with van der Waals surface area (Å²) in [6.07, 6.45) is 0. The number of ether oxygens (including phenoxy) is 1. The van der Waals surface area contributed by atoms with Gasteiger partial charge in [-0.1, -0.05) is 15.9 Å². The van der Waals surface area contributed by atoms with E-state index in [-0.39, 0.29) is 18.4 Å². The summed E-state index contributed by atoms with van der Waals surface area (Å²) in [5, 5.41) is 2.67. The number of hydrogen-bond acceptors (Lipinski definition) is 3. The first-order valence-corrected chi connectivity index (χ1v) is 7.16. The molecule has 0 radical (unpaired) electrons. The predicted octanol–water partition coefficient (Wildman–Crippen LogP) is 1.56. The first kappa shape index (κ1) is 14.8. The number of piperazine rings is 1. The van der Waals surface area contributed by atoms with Crippen LogP contribution in [0.25, 0.3) is 0 Å². The van der Waals surface area contributed by atoms with Crippen molar-refractivity contribution in [1.82, 2.24) is 10.2 Å². The van der Waals surface area contributed by atoms with Gasteiger partial charge < -0.3 is 15.0 Å². The first-order chi connectivity index (χ1) is 9.38. The van der Waals surface area contributed by atoms with Crippen molar-refractivity contribution in [2.75, 3.05) is 19.7 Å². The molecule has 5 nitrogen and oxygen atoms in total. The van der Waals surface area contributed by atoms with Gasteiger partial charge in [-0.3, -0.25) is 9.59 Å². The molecule has 0 saturated carbocycles. The van der Waals surface area contributed by atoms with E-state index in [9.17, 15) is 9.59 Å². The van der Waals surface area contributed by atoms with E-state index in [4.69, 9.17) is 4.74 Å². The minimum absolute atomic E-state index is 0.0866. The van der Waals surface area contributed by atoms with Crippen molar-refractivity contribution in [2.24, 2.45) is 0 Å². The zero-order valence-electron chi connectivity index (χ0n) is 11.5. The van der Waals surface area contributed by atoms with Crippen LogP contribution in [0.4, 0.5) is 0 Å². The number of amides is 2. The molecular formula is C14H17BrN2O3. The summed E-state index contributed by atoms with van der Waals surface area (Å²) < 4.78 is 6.55. The summed E-state index contributed by atoms with van der Waals surface area (Å²) in [4.78, 5) is 25.2. The molecule has 1 N–H and O–H groups in total. The molecule has 6 heteroatoms. The molecule has 0 aliphatic carbocycles. The van der Waals surface area contributed by atoms with Gasteiger partial charge in [0.25, 0.3) is 0 Å². The third-order valence-electron chi connectivity index (χ3n) is 3.05. The van der Waals surface area contributed by atoms with Crippen LogP contribution < -0.4 is 10.1 Å². The number of carbonyl (C=O) groups is 2. The smallest absolute Gasteiger partial charge is 0.248 e. The Balaban J connectivity index is 1.88. The second kappa shape index (κ2) is 5.83. The second-order valence-corrected chi connectivity index (χ2v) is 6.12. The molecule has 1 fully saturated rings. The molecule has 1 saturated heterocycles. The van der Waals surface area contributed by atoms with E-state index in [0.29, 0.717) is 13.2 Å². The summed E-state index contributed by atoms with van der Waals surface area (Å²) >= 11 is 3.35. The van der Waals surface area contributed by atoms with Crippen molar-refractivity contribution in [2.45, 2.75) is 19.4 Å². The molecule has 20 heavy (non-hydrogen) atoms. The largest absolute Gasteiger partial charge is 0.492 e. The van der Waals surface area contributed by atoms with Crippen LogP contribution >= 0.6 is 15.9 Å². The maximum atomic E-state index is 12.1. The Labute approximate surface area is 126 Å². The summed E-state index contributed by atoms with van der Waals surface area (Å²) in [6, 6.07) is 7.47. The van der Waals surface area contributed by atoms with Crippen LogP contribution in [-0.2, 0) is 9.59 Å². The van der Waals surface area contributed by atoms with E-state index in [2.05, 4.69) is 21.2 Å². The molecule has 0 unspecified atom stereocenters. The molecule has 1 aliphatic rings. The van der Waals surface area contributed by atoms with Crippen LogP contribution in [0, 0.1) is 0 Å². The number of nitrogens with zero attached hydrogens (tertiary/aromatic N) is 1. The Morgan fingerprint density at radius 2 is 1.95 bits per heavy atom. The summed E-state index contributed by atoms with van der Waals surface area (Å²) in [6.45, 7) is 4.25. The van der Waals surface area contributed by atoms with Crippen molar-refractivity contribution in [3.05, 3.63) is 28.7 Å². The highest BCUT2D eigenvalue weighted by atomic mass is 79.9. The fraction of sp³-hybridized carbons (Fsp3) is 0.429. The van der Waals surface area contributed by atoms with E-state index in [1.54, 1.807) is 13.8 Å². The molecule has 0 aromatic heterocycles. The minimum Gasteiger partial charge on any atom is -0.492 e. The van der Waals surface area contributed by atoms with E-state index < -0.39 is 5.54 Å². The van der Waals surface area contributed by atoms with Gasteiger partial charge in [0.2, 0.25) is 11.8 Å². The SMILES string of the molecule is CC1(C)NC(=O)CN(CCOc2ccc(Br)cc2)C1=O. The Morgan fingerprint density at radius 3 is 2.60 bits per heavy atom. The summed E-state index contributed by atoms with van der Waals surface area (Å²) in [5.74, 6) is 0.510. The quantitative estimate of drug-likeness (QED) is 0.904. The zero-order valence-corrected chi connectivity index (χ0v) is 13.1. The number of carbonyl (C=O) groups excluding carboxylic acids is 2. The predicted molar refractivity (Wildman–Crippen MR) is 78.4 cm³/mol. The van der Waals surface area contributed by atoms with Crippen LogP contribution in [-0.4, -0.2) is 41.9 Å². The monoisotopic (exact) mass is 340 g/mol. The van der Waals surface area contributed by atoms with Gasteiger partial charge in [-0.25, -0.2) is 0 Å². The second-order valence-electron chi connectivity index (χ2n) is 5.20. The van der Waals surface area contributed by atoms with Crippen LogP contribution in [0.15, 0.2) is 28.7 Å². The number of rotatable bonds is 4. The van der Waals surface area contributed by atoms with Gasteiger partial charge in [0, 0.05) is 4.47 Å². The normalized spacial score (nSPS) is 17.9. The molecule has 1 heterocycles. The number of hydrogen-bond donors (Lipinski definition) is 1. The molecule has 1 aromatic carbocycles. The van der Waals surface area contributed by atoms with Gasteiger partial charge in [-0.15, -0.1) is 0 Å². The maximum Gasteiger partial charge on any atom is 0.248 e. The van der Waals surface area contributed by atoms with Gasteiger partial charge in [-0.05, 0) is 38.1 Å². The van der Waals surface area contributed by atoms with E-state index >= 15 is 0 Å². The summed E-state index contributed by atoms with van der Waals surface area (Å²) in [5.41, 5.74) is -0.840. The lowest BCUT2D eigenvalue weighted by atomic mass is 10.0. The van der Waals surface area contributed by atoms with Crippen molar-refractivity contribution >= 4 is 27.7 Å². The van der Waals surface area contributed by atoms with Gasteiger partial charge >= 0.3 is 0 Å². The molecule has 0 spiro atoms. The van der Waals surface area contributed by atoms with Crippen molar-refractivity contribution in [3.8, 4) is 5.75 Å². The van der Waals surface area contributed by atoms with Crippen LogP contribution in [0.5, 0.6) is 5.75 Å². The molecular weight excluding hydrogens is 324 g/mol. The van der Waals surface area contributed by atoms with Crippen LogP contribution in [0.1, 0.15) is 13.8 Å². The molecule has 108 valence electrons. The maximum absolute atomic E-state index is 12.1. The molecule has 1 aliphatic heterocycles. The van der Waals surface area contributed by atoms with Crippen molar-refractivity contribution < 1.29 is 14.3 Å². The Kier molecular flexibility index (Phi) is 4.32. The van der Waals surface area contributed by atoms with Gasteiger partial charge in [0.15, 0.2) is 0 Å². The van der Waals surface area contributed by atoms with Gasteiger partial charge in [0.1, 0.15) is 17.9 Å². The molecule has 2 rings (SSSR count). The molecule has 0 bridgehead atoms. The third-order valence-corrected chi connectivity index (χ3v) is 3.58. The Hall–Kier alpha value is -1.56. The fourth-order valence-corrected chi connectivity index (χ4v) is 2.33. The lowest BCUT2D eigenvalue weighted by molar-refractivity contribution is -0.148. The van der Waals surface area contributed by atoms with Crippen molar-refractivity contribution in [1.29, 1.82) is 0 Å². The minimum atomic E-state index is -0.840. The number of benzene rings is 1. The Bertz CT molecular complexity index is 514. The zero-order chi connectivity index (χ0) is 14.8. The van der Waals surface area contributed by atoms with Crippen molar-refractivity contribution in [3.63, 3.8) is 0 Å².